The quantitative estimate of drug-likeness (QED) is 0.259. The van der Waals surface area contributed by atoms with E-state index in [1.807, 2.05) is 19.0 Å². The third kappa shape index (κ3) is 3.70. The molecule has 0 atom stereocenters. The first-order valence-corrected chi connectivity index (χ1v) is 5.40. The molecule has 7 heteroatoms. The number of hydrogen-bond acceptors (Lipinski definition) is 5. The van der Waals surface area contributed by atoms with Crippen molar-refractivity contribution in [3.63, 3.8) is 0 Å². The van der Waals surface area contributed by atoms with Crippen LogP contribution >= 0.6 is 0 Å². The fraction of sp³-hybridized carbons (Fsp3) is 0.364. The number of nitrogens with two attached hydrogens (primary N) is 2. The molecule has 0 heterocycles. The maximum absolute atomic E-state index is 10.7. The van der Waals surface area contributed by atoms with Crippen molar-refractivity contribution in [1.29, 1.82) is 0 Å². The molecule has 0 aliphatic carbocycles. The van der Waals surface area contributed by atoms with Gasteiger partial charge in [-0.1, -0.05) is 0 Å². The van der Waals surface area contributed by atoms with Gasteiger partial charge in [-0.15, -0.1) is 0 Å². The third-order valence-corrected chi connectivity index (χ3v) is 2.35. The normalized spacial score (nSPS) is 11.8. The van der Waals surface area contributed by atoms with Crippen molar-refractivity contribution in [2.45, 2.75) is 0 Å². The Morgan fingerprint density at radius 3 is 2.72 bits per heavy atom. The second kappa shape index (κ2) is 5.97. The average Bonchev–Trinajstić information content (AvgIpc) is 2.28. The number of benzene rings is 1. The second-order valence-electron chi connectivity index (χ2n) is 4.10. The highest BCUT2D eigenvalue weighted by molar-refractivity contribution is 6.02. The van der Waals surface area contributed by atoms with Crippen molar-refractivity contribution in [2.75, 3.05) is 32.9 Å². The van der Waals surface area contributed by atoms with Crippen LogP contribution in [0.3, 0.4) is 0 Å². The van der Waals surface area contributed by atoms with Crippen LogP contribution in [0.5, 0.6) is 0 Å². The molecule has 0 spiro atoms. The van der Waals surface area contributed by atoms with Crippen molar-refractivity contribution in [2.24, 2.45) is 10.7 Å². The maximum Gasteiger partial charge on any atom is 0.270 e. The summed E-state index contributed by atoms with van der Waals surface area (Å²) in [4.78, 5) is 16.3. The van der Waals surface area contributed by atoms with E-state index in [1.165, 1.54) is 18.2 Å². The molecule has 1 rings (SSSR count). The summed E-state index contributed by atoms with van der Waals surface area (Å²) in [6, 6.07) is 4.14. The largest absolute Gasteiger partial charge is 0.398 e. The van der Waals surface area contributed by atoms with E-state index in [1.54, 1.807) is 0 Å². The van der Waals surface area contributed by atoms with Crippen LogP contribution < -0.4 is 11.5 Å². The molecule has 18 heavy (non-hydrogen) atoms. The van der Waals surface area contributed by atoms with Crippen molar-refractivity contribution >= 4 is 17.2 Å². The lowest BCUT2D eigenvalue weighted by atomic mass is 10.1. The first-order chi connectivity index (χ1) is 8.41. The molecule has 4 N–H and O–H groups in total. The zero-order chi connectivity index (χ0) is 13.7. The first-order valence-electron chi connectivity index (χ1n) is 5.40. The Labute approximate surface area is 105 Å². The van der Waals surface area contributed by atoms with E-state index in [0.29, 0.717) is 17.8 Å². The molecule has 0 radical (unpaired) electrons. The topological polar surface area (TPSA) is 111 Å². The van der Waals surface area contributed by atoms with Gasteiger partial charge in [-0.05, 0) is 20.2 Å². The number of nitrogens with zero attached hydrogens (tertiary/aromatic N) is 3. The summed E-state index contributed by atoms with van der Waals surface area (Å²) in [6.45, 7) is 1.26. The number of aliphatic imine (C=N–C) groups is 1. The summed E-state index contributed by atoms with van der Waals surface area (Å²) in [7, 11) is 3.85. The third-order valence-electron chi connectivity index (χ3n) is 2.35. The Kier molecular flexibility index (Phi) is 4.61. The minimum atomic E-state index is -0.490. The maximum atomic E-state index is 10.7. The van der Waals surface area contributed by atoms with Crippen LogP contribution in [0.15, 0.2) is 23.2 Å². The Balaban J connectivity index is 2.93. The van der Waals surface area contributed by atoms with Crippen molar-refractivity contribution in [3.05, 3.63) is 33.9 Å². The summed E-state index contributed by atoms with van der Waals surface area (Å²) in [6.07, 6.45) is 0. The second-order valence-corrected chi connectivity index (χ2v) is 4.10. The van der Waals surface area contributed by atoms with Gasteiger partial charge in [-0.2, -0.15) is 0 Å². The van der Waals surface area contributed by atoms with E-state index in [-0.39, 0.29) is 11.5 Å². The van der Waals surface area contributed by atoms with Crippen LogP contribution in [-0.2, 0) is 0 Å². The number of nitrogen functional groups attached to an aromatic ring is 1. The van der Waals surface area contributed by atoms with Crippen LogP contribution in [-0.4, -0.2) is 42.8 Å². The van der Waals surface area contributed by atoms with Crippen molar-refractivity contribution < 1.29 is 4.92 Å². The summed E-state index contributed by atoms with van der Waals surface area (Å²) in [5.41, 5.74) is 12.2. The van der Waals surface area contributed by atoms with E-state index < -0.39 is 4.92 Å². The van der Waals surface area contributed by atoms with Crippen LogP contribution in [0, 0.1) is 10.1 Å². The van der Waals surface area contributed by atoms with E-state index in [9.17, 15) is 10.1 Å². The first kappa shape index (κ1) is 13.9. The highest BCUT2D eigenvalue weighted by Crippen LogP contribution is 2.19. The van der Waals surface area contributed by atoms with Gasteiger partial charge in [0.25, 0.3) is 5.69 Å². The molecule has 0 aliphatic heterocycles. The minimum absolute atomic E-state index is 0.0510. The molecule has 0 aliphatic rings. The molecule has 7 nitrogen and oxygen atoms in total. The van der Waals surface area contributed by atoms with E-state index in [4.69, 9.17) is 11.5 Å². The van der Waals surface area contributed by atoms with Gasteiger partial charge in [0.05, 0.1) is 11.5 Å². The summed E-state index contributed by atoms with van der Waals surface area (Å²) >= 11 is 0. The minimum Gasteiger partial charge on any atom is -0.398 e. The van der Waals surface area contributed by atoms with Crippen molar-refractivity contribution in [3.8, 4) is 0 Å². The molecule has 0 saturated heterocycles. The van der Waals surface area contributed by atoms with Gasteiger partial charge >= 0.3 is 0 Å². The zero-order valence-corrected chi connectivity index (χ0v) is 10.5. The lowest BCUT2D eigenvalue weighted by Crippen LogP contribution is -2.20. The Morgan fingerprint density at radius 1 is 1.50 bits per heavy atom. The zero-order valence-electron chi connectivity index (χ0n) is 10.5. The highest BCUT2D eigenvalue weighted by atomic mass is 16.6. The van der Waals surface area contributed by atoms with E-state index in [0.717, 1.165) is 6.54 Å². The fourth-order valence-electron chi connectivity index (χ4n) is 1.34. The van der Waals surface area contributed by atoms with Gasteiger partial charge in [0.1, 0.15) is 5.84 Å². The number of nitro benzene ring substituents is 1. The molecular formula is C11H17N5O2. The monoisotopic (exact) mass is 251 g/mol. The molecule has 0 fully saturated rings. The highest BCUT2D eigenvalue weighted by Gasteiger charge is 2.11. The summed E-state index contributed by atoms with van der Waals surface area (Å²) in [5.74, 6) is 0.220. The number of hydrogen-bond donors (Lipinski definition) is 2. The standard InChI is InChI=1S/C11H17N5O2/c1-15(2)6-5-14-11(13)9-7-8(16(17)18)3-4-10(9)12/h3-4,7H,5-6,12H2,1-2H3,(H2,13,14). The van der Waals surface area contributed by atoms with Gasteiger partial charge in [0.2, 0.25) is 0 Å². The molecule has 0 aromatic heterocycles. The Bertz CT molecular complexity index is 471. The van der Waals surface area contributed by atoms with Gasteiger partial charge in [-0.25, -0.2) is 0 Å². The van der Waals surface area contributed by atoms with Crippen LogP contribution in [0.1, 0.15) is 5.56 Å². The van der Waals surface area contributed by atoms with Gasteiger partial charge in [0, 0.05) is 29.9 Å². The Morgan fingerprint density at radius 2 is 2.17 bits per heavy atom. The van der Waals surface area contributed by atoms with Gasteiger partial charge < -0.3 is 16.4 Å². The van der Waals surface area contributed by atoms with Crippen LogP contribution in [0.25, 0.3) is 0 Å². The molecule has 1 aromatic carbocycles. The number of likely N-dealkylation sites (N-methyl/N-ethyl adjacent to an activating group) is 1. The molecule has 0 unspecified atom stereocenters. The average molecular weight is 251 g/mol. The van der Waals surface area contributed by atoms with Crippen LogP contribution in [0.2, 0.25) is 0 Å². The number of anilines is 1. The lowest BCUT2D eigenvalue weighted by molar-refractivity contribution is -0.384. The molecule has 98 valence electrons. The predicted octanol–water partition coefficient (Wildman–Crippen LogP) is 0.444. The molecule has 0 saturated carbocycles. The fourth-order valence-corrected chi connectivity index (χ4v) is 1.34. The predicted molar refractivity (Wildman–Crippen MR) is 71.7 cm³/mol. The van der Waals surface area contributed by atoms with E-state index in [2.05, 4.69) is 4.99 Å². The Hall–Kier alpha value is -2.15. The molecule has 0 amide bonds. The smallest absolute Gasteiger partial charge is 0.270 e. The van der Waals surface area contributed by atoms with Gasteiger partial charge in [0.15, 0.2) is 0 Å². The number of amidine groups is 1. The lowest BCUT2D eigenvalue weighted by Gasteiger charge is -2.08. The SMILES string of the molecule is CN(C)CCN=C(N)c1cc([N+](=O)[O-])ccc1N. The van der Waals surface area contributed by atoms with Gasteiger partial charge in [-0.3, -0.25) is 15.1 Å². The summed E-state index contributed by atoms with van der Waals surface area (Å²) < 4.78 is 0. The van der Waals surface area contributed by atoms with E-state index >= 15 is 0 Å². The molecule has 1 aromatic rings. The van der Waals surface area contributed by atoms with Crippen molar-refractivity contribution in [1.82, 2.24) is 4.90 Å². The number of non-ortho nitro benzene ring substituents is 1. The number of nitro groups is 1. The molecule has 0 bridgehead atoms. The molecular weight excluding hydrogens is 234 g/mol. The summed E-state index contributed by atoms with van der Waals surface area (Å²) in [5, 5.41) is 10.7. The van der Waals surface area contributed by atoms with Crippen LogP contribution in [0.4, 0.5) is 11.4 Å². The number of rotatable bonds is 5.